The molecule has 33 heavy (non-hydrogen) atoms. The van der Waals surface area contributed by atoms with Gasteiger partial charge in [-0.1, -0.05) is 42.5 Å². The van der Waals surface area contributed by atoms with Crippen molar-refractivity contribution >= 4 is 17.6 Å². The zero-order chi connectivity index (χ0) is 22.8. The number of nitrogens with one attached hydrogen (secondary N) is 2. The summed E-state index contributed by atoms with van der Waals surface area (Å²) in [6.45, 7) is 4.04. The van der Waals surface area contributed by atoms with Crippen LogP contribution in [0.5, 0.6) is 0 Å². The number of anilines is 1. The third kappa shape index (κ3) is 4.20. The van der Waals surface area contributed by atoms with Gasteiger partial charge in [-0.3, -0.25) is 4.79 Å². The molecule has 2 aromatic carbocycles. The van der Waals surface area contributed by atoms with Crippen molar-refractivity contribution < 1.29 is 9.59 Å². The van der Waals surface area contributed by atoms with Crippen LogP contribution in [0, 0.1) is 12.3 Å². The number of para-hydroxylation sites is 1. The number of benzene rings is 2. The van der Waals surface area contributed by atoms with Crippen LogP contribution in [0.25, 0.3) is 0 Å². The summed E-state index contributed by atoms with van der Waals surface area (Å²) in [5.74, 6) is 0.873. The standard InChI is InChI=1S/C25H28N6O2/c1-18-7-5-6-8-19(18)15-21(32)30-13-11-25(16-30)12-14-31-23(26-17-27-31)22(25)29-24(33)28-20-9-3-2-4-10-20/h2-10,17,22H,11-16H2,1H3,(H2,28,29,33)/t22-,25-/m0/s1. The summed E-state index contributed by atoms with van der Waals surface area (Å²) in [4.78, 5) is 32.5. The Morgan fingerprint density at radius 3 is 2.64 bits per heavy atom. The molecule has 2 N–H and O–H groups in total. The van der Waals surface area contributed by atoms with Gasteiger partial charge in [0.05, 0.1) is 12.5 Å². The highest BCUT2D eigenvalue weighted by Crippen LogP contribution is 2.47. The smallest absolute Gasteiger partial charge is 0.319 e. The van der Waals surface area contributed by atoms with Crippen LogP contribution in [-0.2, 0) is 17.8 Å². The Labute approximate surface area is 193 Å². The molecule has 1 fully saturated rings. The van der Waals surface area contributed by atoms with E-state index >= 15 is 0 Å². The van der Waals surface area contributed by atoms with E-state index < -0.39 is 0 Å². The minimum atomic E-state index is -0.325. The largest absolute Gasteiger partial charge is 0.342 e. The first-order valence-corrected chi connectivity index (χ1v) is 11.4. The molecule has 0 unspecified atom stereocenters. The first-order chi connectivity index (χ1) is 16.0. The molecular formula is C25H28N6O2. The normalized spacial score (nSPS) is 21.6. The quantitative estimate of drug-likeness (QED) is 0.646. The van der Waals surface area contributed by atoms with Gasteiger partial charge in [-0.05, 0) is 43.0 Å². The maximum atomic E-state index is 13.2. The number of aryl methyl sites for hydroxylation is 2. The summed E-state index contributed by atoms with van der Waals surface area (Å²) in [6.07, 6.45) is 3.57. The molecule has 0 bridgehead atoms. The average Bonchev–Trinajstić information content (AvgIpc) is 3.46. The van der Waals surface area contributed by atoms with Crippen LogP contribution >= 0.6 is 0 Å². The van der Waals surface area contributed by atoms with Gasteiger partial charge < -0.3 is 15.5 Å². The summed E-state index contributed by atoms with van der Waals surface area (Å²) in [5, 5.41) is 10.4. The number of hydrogen-bond donors (Lipinski definition) is 2. The average molecular weight is 445 g/mol. The third-order valence-electron chi connectivity index (χ3n) is 6.99. The number of amides is 3. The van der Waals surface area contributed by atoms with Crippen LogP contribution in [0.15, 0.2) is 60.9 Å². The topological polar surface area (TPSA) is 92.2 Å². The van der Waals surface area contributed by atoms with Crippen molar-refractivity contribution in [1.29, 1.82) is 0 Å². The van der Waals surface area contributed by atoms with Crippen LogP contribution in [0.2, 0.25) is 0 Å². The Morgan fingerprint density at radius 1 is 1.06 bits per heavy atom. The Hall–Kier alpha value is -3.68. The Kier molecular flexibility index (Phi) is 5.58. The maximum absolute atomic E-state index is 13.2. The molecule has 1 spiro atoms. The number of nitrogens with zero attached hydrogens (tertiary/aromatic N) is 4. The lowest BCUT2D eigenvalue weighted by Gasteiger charge is -2.40. The number of fused-ring (bicyclic) bond motifs is 1. The summed E-state index contributed by atoms with van der Waals surface area (Å²) in [6, 6.07) is 16.8. The highest BCUT2D eigenvalue weighted by Gasteiger charge is 2.50. The van der Waals surface area contributed by atoms with Crippen molar-refractivity contribution in [2.45, 2.75) is 38.8 Å². The number of aromatic nitrogens is 3. The highest BCUT2D eigenvalue weighted by molar-refractivity contribution is 5.89. The molecular weight excluding hydrogens is 416 g/mol. The van der Waals surface area contributed by atoms with E-state index in [1.165, 1.54) is 6.33 Å². The second kappa shape index (κ2) is 8.69. The van der Waals surface area contributed by atoms with Gasteiger partial charge in [0.2, 0.25) is 5.91 Å². The number of hydrogen-bond acceptors (Lipinski definition) is 4. The van der Waals surface area contributed by atoms with E-state index in [0.717, 1.165) is 42.0 Å². The van der Waals surface area contributed by atoms with Crippen LogP contribution < -0.4 is 10.6 Å². The molecule has 170 valence electrons. The highest BCUT2D eigenvalue weighted by atomic mass is 16.2. The zero-order valence-electron chi connectivity index (χ0n) is 18.7. The predicted octanol–water partition coefficient (Wildman–Crippen LogP) is 3.31. The third-order valence-corrected chi connectivity index (χ3v) is 6.99. The van der Waals surface area contributed by atoms with Crippen molar-refractivity contribution in [3.05, 3.63) is 77.9 Å². The van der Waals surface area contributed by atoms with Gasteiger partial charge in [-0.2, -0.15) is 5.10 Å². The van der Waals surface area contributed by atoms with Gasteiger partial charge in [0.15, 0.2) is 0 Å². The maximum Gasteiger partial charge on any atom is 0.319 e. The number of carbonyl (C=O) groups excluding carboxylic acids is 2. The predicted molar refractivity (Wildman–Crippen MR) is 124 cm³/mol. The van der Waals surface area contributed by atoms with Crippen molar-refractivity contribution in [2.24, 2.45) is 5.41 Å². The van der Waals surface area contributed by atoms with E-state index in [1.807, 2.05) is 71.1 Å². The lowest BCUT2D eigenvalue weighted by molar-refractivity contribution is -0.130. The fraction of sp³-hybridized carbons (Fsp3) is 0.360. The van der Waals surface area contributed by atoms with Crippen LogP contribution in [0.3, 0.4) is 0 Å². The van der Waals surface area contributed by atoms with Crippen LogP contribution in [0.1, 0.15) is 35.8 Å². The number of likely N-dealkylation sites (tertiary alicyclic amines) is 1. The summed E-state index contributed by atoms with van der Waals surface area (Å²) in [7, 11) is 0. The molecule has 3 heterocycles. The van der Waals surface area contributed by atoms with E-state index in [4.69, 9.17) is 0 Å². The molecule has 8 heteroatoms. The van der Waals surface area contributed by atoms with Crippen molar-refractivity contribution in [3.8, 4) is 0 Å². The molecule has 0 aliphatic carbocycles. The molecule has 2 atom stereocenters. The summed E-state index contributed by atoms with van der Waals surface area (Å²) in [5.41, 5.74) is 2.65. The molecule has 8 nitrogen and oxygen atoms in total. The Balaban J connectivity index is 1.34. The van der Waals surface area contributed by atoms with Gasteiger partial charge in [-0.15, -0.1) is 0 Å². The molecule has 1 saturated heterocycles. The van der Waals surface area contributed by atoms with E-state index in [0.29, 0.717) is 19.5 Å². The molecule has 1 aromatic heterocycles. The van der Waals surface area contributed by atoms with Gasteiger partial charge in [0, 0.05) is 30.7 Å². The van der Waals surface area contributed by atoms with Crippen molar-refractivity contribution in [3.63, 3.8) is 0 Å². The van der Waals surface area contributed by atoms with E-state index in [-0.39, 0.29) is 23.4 Å². The van der Waals surface area contributed by atoms with E-state index in [1.54, 1.807) is 0 Å². The molecule has 2 aliphatic heterocycles. The second-order valence-corrected chi connectivity index (χ2v) is 9.02. The van der Waals surface area contributed by atoms with E-state index in [2.05, 4.69) is 20.7 Å². The molecule has 0 radical (unpaired) electrons. The Bertz CT molecular complexity index is 1160. The summed E-state index contributed by atoms with van der Waals surface area (Å²) >= 11 is 0. The number of carbonyl (C=O) groups is 2. The lowest BCUT2D eigenvalue weighted by atomic mass is 9.74. The van der Waals surface area contributed by atoms with Gasteiger partial charge >= 0.3 is 6.03 Å². The number of rotatable bonds is 4. The fourth-order valence-electron chi connectivity index (χ4n) is 5.08. The van der Waals surface area contributed by atoms with Gasteiger partial charge in [0.25, 0.3) is 0 Å². The zero-order valence-corrected chi connectivity index (χ0v) is 18.7. The first-order valence-electron chi connectivity index (χ1n) is 11.4. The fourth-order valence-corrected chi connectivity index (χ4v) is 5.08. The lowest BCUT2D eigenvalue weighted by Crippen LogP contribution is -2.49. The molecule has 0 saturated carbocycles. The van der Waals surface area contributed by atoms with Crippen molar-refractivity contribution in [2.75, 3.05) is 18.4 Å². The van der Waals surface area contributed by atoms with E-state index in [9.17, 15) is 9.59 Å². The van der Waals surface area contributed by atoms with Crippen LogP contribution in [-0.4, -0.2) is 44.7 Å². The summed E-state index contributed by atoms with van der Waals surface area (Å²) < 4.78 is 1.86. The minimum Gasteiger partial charge on any atom is -0.342 e. The van der Waals surface area contributed by atoms with Crippen LogP contribution in [0.4, 0.5) is 10.5 Å². The molecule has 3 aromatic rings. The molecule has 5 rings (SSSR count). The van der Waals surface area contributed by atoms with Gasteiger partial charge in [-0.25, -0.2) is 14.5 Å². The van der Waals surface area contributed by atoms with Crippen molar-refractivity contribution in [1.82, 2.24) is 25.0 Å². The SMILES string of the molecule is Cc1ccccc1CC(=O)N1CC[C@]2(CCn3ncnc3[C@@H]2NC(=O)Nc2ccccc2)C1. The van der Waals surface area contributed by atoms with Gasteiger partial charge in [0.1, 0.15) is 12.2 Å². The number of urea groups is 1. The molecule has 2 aliphatic rings. The Morgan fingerprint density at radius 2 is 1.82 bits per heavy atom. The first kappa shape index (κ1) is 21.2. The second-order valence-electron chi connectivity index (χ2n) is 9.02. The minimum absolute atomic E-state index is 0.126. The monoisotopic (exact) mass is 444 g/mol. The molecule has 3 amide bonds.